The number of imidazole rings is 1. The van der Waals surface area contributed by atoms with Gasteiger partial charge in [0.1, 0.15) is 10.4 Å². The Balaban J connectivity index is 2.53. The van der Waals surface area contributed by atoms with Crippen LogP contribution in [0.1, 0.15) is 5.69 Å². The van der Waals surface area contributed by atoms with Crippen LogP contribution in [0.2, 0.25) is 0 Å². The molecule has 16 heavy (non-hydrogen) atoms. The molecule has 0 spiro atoms. The van der Waals surface area contributed by atoms with Crippen LogP contribution in [0.3, 0.4) is 0 Å². The van der Waals surface area contributed by atoms with Crippen LogP contribution >= 0.6 is 15.9 Å². The Hall–Kier alpha value is -1.67. The molecule has 2 heterocycles. The van der Waals surface area contributed by atoms with Crippen LogP contribution in [0.4, 0.5) is 0 Å². The quantitative estimate of drug-likeness (QED) is 0.846. The minimum Gasteiger partial charge on any atom is -0.329 e. The Kier molecular flexibility index (Phi) is 3.02. The third-order valence-electron chi connectivity index (χ3n) is 2.35. The molecule has 0 atom stereocenters. The van der Waals surface area contributed by atoms with Gasteiger partial charge in [-0.25, -0.2) is 4.98 Å². The molecule has 2 aromatic rings. The zero-order chi connectivity index (χ0) is 11.5. The van der Waals surface area contributed by atoms with E-state index in [0.717, 1.165) is 21.7 Å². The van der Waals surface area contributed by atoms with E-state index >= 15 is 0 Å². The Morgan fingerprint density at radius 3 is 2.75 bits per heavy atom. The highest BCUT2D eigenvalue weighted by Gasteiger charge is 2.13. The normalized spacial score (nSPS) is 10.1. The molecule has 0 aliphatic heterocycles. The monoisotopic (exact) mass is 276 g/mol. The van der Waals surface area contributed by atoms with Crippen LogP contribution in [-0.2, 0) is 13.5 Å². The fourth-order valence-corrected chi connectivity index (χ4v) is 2.10. The average molecular weight is 277 g/mol. The number of hydrogen-bond donors (Lipinski definition) is 0. The first kappa shape index (κ1) is 10.8. The number of nitriles is 1. The number of nitrogens with zero attached hydrogens (tertiary/aromatic N) is 4. The van der Waals surface area contributed by atoms with Gasteiger partial charge in [-0.2, -0.15) is 5.26 Å². The van der Waals surface area contributed by atoms with Crippen molar-refractivity contribution in [1.82, 2.24) is 14.5 Å². The largest absolute Gasteiger partial charge is 0.329 e. The van der Waals surface area contributed by atoms with Crippen molar-refractivity contribution in [2.24, 2.45) is 7.05 Å². The van der Waals surface area contributed by atoms with Crippen LogP contribution in [0, 0.1) is 11.3 Å². The SMILES string of the molecule is Cn1c(-c2ccncc2)nc(Br)c1CC#N. The molecule has 0 amide bonds. The molecule has 0 bridgehead atoms. The third kappa shape index (κ3) is 1.84. The van der Waals surface area contributed by atoms with Crippen molar-refractivity contribution in [2.75, 3.05) is 0 Å². The summed E-state index contributed by atoms with van der Waals surface area (Å²) in [6, 6.07) is 5.91. The first-order chi connectivity index (χ1) is 7.74. The number of hydrogen-bond acceptors (Lipinski definition) is 3. The Morgan fingerprint density at radius 2 is 2.12 bits per heavy atom. The average Bonchev–Trinajstić information content (AvgIpc) is 2.59. The van der Waals surface area contributed by atoms with Gasteiger partial charge in [0.05, 0.1) is 18.2 Å². The molecule has 0 aromatic carbocycles. The van der Waals surface area contributed by atoms with Crippen molar-refractivity contribution in [2.45, 2.75) is 6.42 Å². The summed E-state index contributed by atoms with van der Waals surface area (Å²) in [5.41, 5.74) is 1.87. The zero-order valence-electron chi connectivity index (χ0n) is 8.68. The Bertz CT molecular complexity index is 539. The van der Waals surface area contributed by atoms with E-state index in [9.17, 15) is 0 Å². The van der Waals surface area contributed by atoms with Gasteiger partial charge in [0, 0.05) is 25.0 Å². The second-order valence-corrected chi connectivity index (χ2v) is 4.05. The third-order valence-corrected chi connectivity index (χ3v) is 2.98. The van der Waals surface area contributed by atoms with Gasteiger partial charge < -0.3 is 4.57 Å². The topological polar surface area (TPSA) is 54.5 Å². The first-order valence-corrected chi connectivity index (χ1v) is 5.51. The first-order valence-electron chi connectivity index (χ1n) is 4.72. The summed E-state index contributed by atoms with van der Waals surface area (Å²) in [5, 5.41) is 8.73. The highest BCUT2D eigenvalue weighted by molar-refractivity contribution is 9.10. The van der Waals surface area contributed by atoms with E-state index in [2.05, 4.69) is 32.0 Å². The van der Waals surface area contributed by atoms with Crippen LogP contribution in [0.25, 0.3) is 11.4 Å². The van der Waals surface area contributed by atoms with Gasteiger partial charge in [-0.1, -0.05) is 0 Å². The van der Waals surface area contributed by atoms with Gasteiger partial charge in [0.2, 0.25) is 0 Å². The second kappa shape index (κ2) is 4.45. The molecular formula is C11H9BrN4. The molecule has 2 rings (SSSR count). The molecule has 80 valence electrons. The maximum atomic E-state index is 8.73. The van der Waals surface area contributed by atoms with Crippen molar-refractivity contribution in [3.05, 3.63) is 34.8 Å². The molecule has 0 unspecified atom stereocenters. The maximum Gasteiger partial charge on any atom is 0.141 e. The van der Waals surface area contributed by atoms with E-state index in [1.165, 1.54) is 0 Å². The lowest BCUT2D eigenvalue weighted by atomic mass is 10.2. The van der Waals surface area contributed by atoms with E-state index in [1.54, 1.807) is 12.4 Å². The summed E-state index contributed by atoms with van der Waals surface area (Å²) < 4.78 is 2.64. The molecular weight excluding hydrogens is 268 g/mol. The fourth-order valence-electron chi connectivity index (χ4n) is 1.52. The van der Waals surface area contributed by atoms with Gasteiger partial charge in [-0.15, -0.1) is 0 Å². The minimum absolute atomic E-state index is 0.342. The summed E-state index contributed by atoms with van der Waals surface area (Å²) in [4.78, 5) is 8.36. The molecule has 0 saturated heterocycles. The predicted octanol–water partition coefficient (Wildman–Crippen LogP) is 2.31. The predicted molar refractivity (Wildman–Crippen MR) is 63.5 cm³/mol. The Morgan fingerprint density at radius 1 is 1.44 bits per heavy atom. The highest BCUT2D eigenvalue weighted by atomic mass is 79.9. The molecule has 5 heteroatoms. The van der Waals surface area contributed by atoms with E-state index in [1.807, 2.05) is 23.7 Å². The lowest BCUT2D eigenvalue weighted by Crippen LogP contribution is -1.98. The van der Waals surface area contributed by atoms with Crippen molar-refractivity contribution in [3.8, 4) is 17.5 Å². The second-order valence-electron chi connectivity index (χ2n) is 3.30. The van der Waals surface area contributed by atoms with Crippen LogP contribution in [0.15, 0.2) is 29.1 Å². The van der Waals surface area contributed by atoms with E-state index in [4.69, 9.17) is 5.26 Å². The van der Waals surface area contributed by atoms with Crippen LogP contribution < -0.4 is 0 Å². The Labute approximate surface area is 102 Å². The van der Waals surface area contributed by atoms with E-state index in [-0.39, 0.29) is 0 Å². The van der Waals surface area contributed by atoms with Crippen molar-refractivity contribution in [1.29, 1.82) is 5.26 Å². The lowest BCUT2D eigenvalue weighted by Gasteiger charge is -2.02. The molecule has 0 saturated carbocycles. The lowest BCUT2D eigenvalue weighted by molar-refractivity contribution is 0.861. The summed E-state index contributed by atoms with van der Waals surface area (Å²) in [7, 11) is 1.90. The zero-order valence-corrected chi connectivity index (χ0v) is 10.3. The summed E-state index contributed by atoms with van der Waals surface area (Å²) in [6.07, 6.45) is 3.79. The summed E-state index contributed by atoms with van der Waals surface area (Å²) in [6.45, 7) is 0. The van der Waals surface area contributed by atoms with Crippen molar-refractivity contribution >= 4 is 15.9 Å². The molecule has 4 nitrogen and oxygen atoms in total. The number of rotatable bonds is 2. The molecule has 0 aliphatic carbocycles. The molecule has 0 fully saturated rings. The van der Waals surface area contributed by atoms with Crippen molar-refractivity contribution < 1.29 is 0 Å². The minimum atomic E-state index is 0.342. The smallest absolute Gasteiger partial charge is 0.141 e. The number of halogens is 1. The van der Waals surface area contributed by atoms with Gasteiger partial charge in [-0.05, 0) is 28.1 Å². The molecule has 2 aromatic heterocycles. The van der Waals surface area contributed by atoms with Crippen molar-refractivity contribution in [3.63, 3.8) is 0 Å². The fraction of sp³-hybridized carbons (Fsp3) is 0.182. The molecule has 0 N–H and O–H groups in total. The van der Waals surface area contributed by atoms with Gasteiger partial charge in [0.15, 0.2) is 0 Å². The van der Waals surface area contributed by atoms with Gasteiger partial charge in [-0.3, -0.25) is 4.98 Å². The highest BCUT2D eigenvalue weighted by Crippen LogP contribution is 2.24. The van der Waals surface area contributed by atoms with Crippen LogP contribution in [0.5, 0.6) is 0 Å². The summed E-state index contributed by atoms with van der Waals surface area (Å²) in [5.74, 6) is 0.833. The van der Waals surface area contributed by atoms with E-state index in [0.29, 0.717) is 6.42 Å². The van der Waals surface area contributed by atoms with Crippen LogP contribution in [-0.4, -0.2) is 14.5 Å². The summed E-state index contributed by atoms with van der Waals surface area (Å²) >= 11 is 3.37. The van der Waals surface area contributed by atoms with E-state index < -0.39 is 0 Å². The molecule has 0 aliphatic rings. The van der Waals surface area contributed by atoms with Gasteiger partial charge in [0.25, 0.3) is 0 Å². The maximum absolute atomic E-state index is 8.73. The number of aromatic nitrogens is 3. The molecule has 0 radical (unpaired) electrons. The number of pyridine rings is 1. The van der Waals surface area contributed by atoms with Gasteiger partial charge >= 0.3 is 0 Å². The standard InChI is InChI=1S/C11H9BrN4/c1-16-9(2-5-13)10(12)15-11(16)8-3-6-14-7-4-8/h3-4,6-7H,2H2,1H3.